The lowest BCUT2D eigenvalue weighted by atomic mass is 10.3. The summed E-state index contributed by atoms with van der Waals surface area (Å²) in [5, 5.41) is 0. The molecule has 7 heteroatoms. The molecular formula is C9H16BrN5S. The van der Waals surface area contributed by atoms with E-state index in [1.807, 2.05) is 18.8 Å². The van der Waals surface area contributed by atoms with Gasteiger partial charge in [0.2, 0.25) is 0 Å². The van der Waals surface area contributed by atoms with Crippen molar-refractivity contribution in [1.82, 2.24) is 9.97 Å². The molecule has 0 amide bonds. The maximum Gasteiger partial charge on any atom is 0.159 e. The maximum absolute atomic E-state index is 5.36. The van der Waals surface area contributed by atoms with Gasteiger partial charge in [0.25, 0.3) is 0 Å². The quantitative estimate of drug-likeness (QED) is 0.638. The lowest BCUT2D eigenvalue weighted by molar-refractivity contribution is 0.749. The molecule has 1 rings (SSSR count). The van der Waals surface area contributed by atoms with Gasteiger partial charge in [0.15, 0.2) is 5.82 Å². The topological polar surface area (TPSA) is 67.1 Å². The molecule has 1 aromatic rings. The maximum atomic E-state index is 5.36. The van der Waals surface area contributed by atoms with Gasteiger partial charge in [-0.2, -0.15) is 11.8 Å². The van der Waals surface area contributed by atoms with Crippen molar-refractivity contribution in [3.05, 3.63) is 10.8 Å². The Morgan fingerprint density at radius 2 is 2.31 bits per heavy atom. The van der Waals surface area contributed by atoms with Gasteiger partial charge >= 0.3 is 0 Å². The van der Waals surface area contributed by atoms with E-state index in [-0.39, 0.29) is 0 Å². The van der Waals surface area contributed by atoms with Gasteiger partial charge in [-0.25, -0.2) is 15.8 Å². The van der Waals surface area contributed by atoms with Crippen LogP contribution in [0, 0.1) is 0 Å². The average Bonchev–Trinajstić information content (AvgIpc) is 2.29. The van der Waals surface area contributed by atoms with Crippen LogP contribution < -0.4 is 16.2 Å². The molecule has 0 bridgehead atoms. The van der Waals surface area contributed by atoms with Gasteiger partial charge in [-0.05, 0) is 29.1 Å². The predicted molar refractivity (Wildman–Crippen MR) is 73.8 cm³/mol. The molecule has 0 spiro atoms. The molecule has 16 heavy (non-hydrogen) atoms. The number of hydrogen-bond donors (Lipinski definition) is 2. The molecule has 0 aliphatic carbocycles. The Bertz CT molecular complexity index is 349. The summed E-state index contributed by atoms with van der Waals surface area (Å²) in [6.45, 7) is 2.15. The predicted octanol–water partition coefficient (Wildman–Crippen LogP) is 1.71. The summed E-state index contributed by atoms with van der Waals surface area (Å²) < 4.78 is 0.785. The van der Waals surface area contributed by atoms with E-state index in [9.17, 15) is 0 Å². The van der Waals surface area contributed by atoms with Crippen LogP contribution in [0.2, 0.25) is 0 Å². The van der Waals surface area contributed by atoms with E-state index in [1.54, 1.807) is 0 Å². The highest BCUT2D eigenvalue weighted by Crippen LogP contribution is 2.29. The summed E-state index contributed by atoms with van der Waals surface area (Å²) in [5.41, 5.74) is 2.53. The van der Waals surface area contributed by atoms with Gasteiger partial charge in [0.05, 0.1) is 0 Å². The zero-order valence-corrected chi connectivity index (χ0v) is 12.0. The second-order valence-corrected chi connectivity index (χ2v) is 5.12. The van der Waals surface area contributed by atoms with Crippen molar-refractivity contribution in [2.75, 3.05) is 29.4 Å². The van der Waals surface area contributed by atoms with Crippen LogP contribution in [-0.4, -0.2) is 35.1 Å². The molecule has 90 valence electrons. The van der Waals surface area contributed by atoms with E-state index < -0.39 is 0 Å². The Kier molecular flexibility index (Phi) is 5.30. The summed E-state index contributed by atoms with van der Waals surface area (Å²) in [7, 11) is 2.01. The highest BCUT2D eigenvalue weighted by atomic mass is 79.9. The fourth-order valence-electron chi connectivity index (χ4n) is 1.27. The van der Waals surface area contributed by atoms with Crippen molar-refractivity contribution in [3.63, 3.8) is 0 Å². The van der Waals surface area contributed by atoms with Crippen molar-refractivity contribution in [3.8, 4) is 0 Å². The first-order valence-electron chi connectivity index (χ1n) is 4.80. The summed E-state index contributed by atoms with van der Waals surface area (Å²) in [6.07, 6.45) is 3.59. The Morgan fingerprint density at radius 1 is 1.62 bits per heavy atom. The van der Waals surface area contributed by atoms with Gasteiger partial charge in [-0.1, -0.05) is 0 Å². The minimum absolute atomic E-state index is 0.395. The SMILES string of the molecule is CSCC(C)N(C)c1ncnc(NN)c1Br. The van der Waals surface area contributed by atoms with Gasteiger partial charge in [0.1, 0.15) is 16.6 Å². The van der Waals surface area contributed by atoms with E-state index >= 15 is 0 Å². The van der Waals surface area contributed by atoms with Crippen LogP contribution in [0.3, 0.4) is 0 Å². The molecule has 3 N–H and O–H groups in total. The minimum Gasteiger partial charge on any atom is -0.355 e. The van der Waals surface area contributed by atoms with Crippen molar-refractivity contribution in [2.24, 2.45) is 5.84 Å². The second kappa shape index (κ2) is 6.27. The Balaban J connectivity index is 2.94. The summed E-state index contributed by atoms with van der Waals surface area (Å²) in [6, 6.07) is 0.395. The number of nitrogens with zero attached hydrogens (tertiary/aromatic N) is 3. The average molecular weight is 306 g/mol. The minimum atomic E-state index is 0.395. The lowest BCUT2D eigenvalue weighted by Gasteiger charge is -2.26. The number of halogens is 1. The molecular weight excluding hydrogens is 290 g/mol. The van der Waals surface area contributed by atoms with Crippen LogP contribution in [0.1, 0.15) is 6.92 Å². The molecule has 0 saturated heterocycles. The van der Waals surface area contributed by atoms with Crippen LogP contribution in [0.15, 0.2) is 10.8 Å². The third-order valence-electron chi connectivity index (χ3n) is 2.31. The second-order valence-electron chi connectivity index (χ2n) is 3.42. The third-order valence-corrected chi connectivity index (χ3v) is 3.86. The molecule has 1 heterocycles. The number of hydrogen-bond acceptors (Lipinski definition) is 6. The molecule has 0 fully saturated rings. The number of nitrogen functional groups attached to an aromatic ring is 1. The van der Waals surface area contributed by atoms with Gasteiger partial charge in [-0.15, -0.1) is 0 Å². The number of rotatable bonds is 5. The molecule has 1 unspecified atom stereocenters. The first-order chi connectivity index (χ1) is 7.61. The summed E-state index contributed by atoms with van der Waals surface area (Å²) in [4.78, 5) is 10.4. The van der Waals surface area contributed by atoms with E-state index in [2.05, 4.69) is 49.4 Å². The Morgan fingerprint density at radius 3 is 2.88 bits per heavy atom. The Hall–Kier alpha value is -0.530. The molecule has 0 radical (unpaired) electrons. The highest BCUT2D eigenvalue weighted by Gasteiger charge is 2.16. The highest BCUT2D eigenvalue weighted by molar-refractivity contribution is 9.10. The molecule has 1 atom stereocenters. The molecule has 0 aliphatic heterocycles. The van der Waals surface area contributed by atoms with Crippen molar-refractivity contribution >= 4 is 39.3 Å². The lowest BCUT2D eigenvalue weighted by Crippen LogP contribution is -2.32. The zero-order valence-electron chi connectivity index (χ0n) is 9.57. The standard InChI is InChI=1S/C9H16BrN5S/c1-6(4-16-3)15(2)9-7(10)8(14-11)12-5-13-9/h5-6H,4,11H2,1-3H3,(H,12,13,14). The van der Waals surface area contributed by atoms with Gasteiger partial charge in [-0.3, -0.25) is 0 Å². The van der Waals surface area contributed by atoms with E-state index in [4.69, 9.17) is 5.84 Å². The monoisotopic (exact) mass is 305 g/mol. The summed E-state index contributed by atoms with van der Waals surface area (Å²) >= 11 is 5.25. The molecule has 0 aliphatic rings. The van der Waals surface area contributed by atoms with Crippen molar-refractivity contribution in [2.45, 2.75) is 13.0 Å². The van der Waals surface area contributed by atoms with E-state index in [0.29, 0.717) is 11.9 Å². The Labute approximate surface area is 108 Å². The van der Waals surface area contributed by atoms with Crippen LogP contribution in [-0.2, 0) is 0 Å². The third kappa shape index (κ3) is 2.99. The fraction of sp³-hybridized carbons (Fsp3) is 0.556. The normalized spacial score (nSPS) is 12.3. The van der Waals surface area contributed by atoms with Gasteiger partial charge in [0, 0.05) is 18.8 Å². The van der Waals surface area contributed by atoms with Crippen molar-refractivity contribution < 1.29 is 0 Å². The van der Waals surface area contributed by atoms with Crippen LogP contribution >= 0.6 is 27.7 Å². The van der Waals surface area contributed by atoms with Crippen LogP contribution in [0.25, 0.3) is 0 Å². The smallest absolute Gasteiger partial charge is 0.159 e. The van der Waals surface area contributed by atoms with Gasteiger partial charge < -0.3 is 10.3 Å². The van der Waals surface area contributed by atoms with Crippen LogP contribution in [0.4, 0.5) is 11.6 Å². The molecule has 0 aromatic carbocycles. The summed E-state index contributed by atoms with van der Waals surface area (Å²) in [5.74, 6) is 7.83. The van der Waals surface area contributed by atoms with E-state index in [0.717, 1.165) is 16.0 Å². The molecule has 5 nitrogen and oxygen atoms in total. The van der Waals surface area contributed by atoms with E-state index in [1.165, 1.54) is 6.33 Å². The number of thioether (sulfide) groups is 1. The molecule has 0 saturated carbocycles. The van der Waals surface area contributed by atoms with Crippen LogP contribution in [0.5, 0.6) is 0 Å². The number of hydrazine groups is 1. The largest absolute Gasteiger partial charge is 0.355 e. The first-order valence-corrected chi connectivity index (χ1v) is 6.99. The number of aromatic nitrogens is 2. The number of nitrogens with one attached hydrogen (secondary N) is 1. The van der Waals surface area contributed by atoms with Crippen molar-refractivity contribution in [1.29, 1.82) is 0 Å². The fourth-order valence-corrected chi connectivity index (χ4v) is 2.57. The first kappa shape index (κ1) is 13.5. The zero-order chi connectivity index (χ0) is 12.1. The molecule has 1 aromatic heterocycles. The number of nitrogens with two attached hydrogens (primary N) is 1. The number of anilines is 2.